The maximum Gasteiger partial charge on any atom is 0.270 e. The van der Waals surface area contributed by atoms with Gasteiger partial charge in [0, 0.05) is 18.7 Å². The molecule has 0 saturated carbocycles. The van der Waals surface area contributed by atoms with E-state index in [1.54, 1.807) is 6.07 Å². The van der Waals surface area contributed by atoms with Crippen molar-refractivity contribution in [3.63, 3.8) is 0 Å². The molecule has 21 heavy (non-hydrogen) atoms. The van der Waals surface area contributed by atoms with Crippen molar-refractivity contribution in [2.45, 2.75) is 6.10 Å². The number of fused-ring (bicyclic) bond motifs is 1. The quantitative estimate of drug-likeness (QED) is 0.666. The molecule has 1 atom stereocenters. The van der Waals surface area contributed by atoms with Crippen molar-refractivity contribution in [2.24, 2.45) is 5.73 Å². The first-order chi connectivity index (χ1) is 10.0. The molecule has 0 radical (unpaired) electrons. The molecular weight excluding hydrogens is 296 g/mol. The average molecular weight is 308 g/mol. The molecule has 2 heterocycles. The highest BCUT2D eigenvalue weighted by Crippen LogP contribution is 2.32. The summed E-state index contributed by atoms with van der Waals surface area (Å²) in [6, 6.07) is 4.55. The van der Waals surface area contributed by atoms with Gasteiger partial charge in [-0.15, -0.1) is 0 Å². The fourth-order valence-electron chi connectivity index (χ4n) is 2.15. The fourth-order valence-corrected chi connectivity index (χ4v) is 3.18. The topological polar surface area (TPSA) is 112 Å². The van der Waals surface area contributed by atoms with E-state index < -0.39 is 16.9 Å². The number of hydrogen-bond acceptors (Lipinski definition) is 7. The Morgan fingerprint density at radius 2 is 2.38 bits per heavy atom. The van der Waals surface area contributed by atoms with E-state index in [9.17, 15) is 14.9 Å². The normalized spacial score (nSPS) is 18.9. The number of ether oxygens (including phenoxy) is 1. The van der Waals surface area contributed by atoms with Crippen LogP contribution in [0.25, 0.3) is 10.2 Å². The molecule has 8 nitrogen and oxygen atoms in total. The number of non-ortho nitro benzene ring substituents is 1. The lowest BCUT2D eigenvalue weighted by Gasteiger charge is -2.30. The number of carbonyl (C=O) groups is 1. The maximum absolute atomic E-state index is 11.2. The molecule has 1 amide bonds. The summed E-state index contributed by atoms with van der Waals surface area (Å²) < 4.78 is 6.02. The number of benzene rings is 1. The molecule has 110 valence electrons. The van der Waals surface area contributed by atoms with E-state index in [2.05, 4.69) is 4.98 Å². The summed E-state index contributed by atoms with van der Waals surface area (Å²) in [7, 11) is 0. The first kappa shape index (κ1) is 13.7. The van der Waals surface area contributed by atoms with Crippen molar-refractivity contribution in [1.82, 2.24) is 4.98 Å². The average Bonchev–Trinajstić information content (AvgIpc) is 2.90. The van der Waals surface area contributed by atoms with E-state index in [1.165, 1.54) is 23.5 Å². The Labute approximate surface area is 123 Å². The number of nitro groups is 1. The minimum atomic E-state index is -0.653. The minimum Gasteiger partial charge on any atom is -0.367 e. The molecule has 0 spiro atoms. The lowest BCUT2D eigenvalue weighted by molar-refractivity contribution is -0.384. The minimum absolute atomic E-state index is 0.0367. The molecule has 1 saturated heterocycles. The van der Waals surface area contributed by atoms with Crippen LogP contribution in [0, 0.1) is 10.1 Å². The van der Waals surface area contributed by atoms with Gasteiger partial charge in [-0.05, 0) is 6.07 Å². The number of primary amides is 1. The van der Waals surface area contributed by atoms with Crippen molar-refractivity contribution in [1.29, 1.82) is 0 Å². The predicted octanol–water partition coefficient (Wildman–Crippen LogP) is 0.895. The molecule has 3 rings (SSSR count). The lowest BCUT2D eigenvalue weighted by atomic mass is 10.3. The third-order valence-corrected chi connectivity index (χ3v) is 4.30. The molecule has 0 unspecified atom stereocenters. The number of nitrogens with two attached hydrogens (primary N) is 1. The van der Waals surface area contributed by atoms with Gasteiger partial charge in [0.2, 0.25) is 5.91 Å². The largest absolute Gasteiger partial charge is 0.367 e. The zero-order chi connectivity index (χ0) is 15.0. The molecule has 1 aromatic heterocycles. The summed E-state index contributed by atoms with van der Waals surface area (Å²) in [6.07, 6.45) is -0.653. The fraction of sp³-hybridized carbons (Fsp3) is 0.333. The van der Waals surface area contributed by atoms with Crippen molar-refractivity contribution >= 4 is 38.3 Å². The highest BCUT2D eigenvalue weighted by molar-refractivity contribution is 7.22. The molecule has 1 aromatic carbocycles. The standard InChI is InChI=1S/C12H12N4O4S/c13-11(17)9-6-15(3-4-20-9)12-14-8-2-1-7(16(18)19)5-10(8)21-12/h1-2,5,9H,3-4,6H2,(H2,13,17)/t9-/m1/s1. The van der Waals surface area contributed by atoms with Crippen molar-refractivity contribution < 1.29 is 14.5 Å². The SMILES string of the molecule is NC(=O)[C@H]1CN(c2nc3ccc([N+](=O)[O-])cc3s2)CCO1. The second-order valence-electron chi connectivity index (χ2n) is 4.61. The van der Waals surface area contributed by atoms with Gasteiger partial charge >= 0.3 is 0 Å². The van der Waals surface area contributed by atoms with Crippen LogP contribution in [0.3, 0.4) is 0 Å². The van der Waals surface area contributed by atoms with Crippen LogP contribution in [0.2, 0.25) is 0 Å². The molecule has 1 aliphatic rings. The van der Waals surface area contributed by atoms with E-state index in [4.69, 9.17) is 10.5 Å². The van der Waals surface area contributed by atoms with Gasteiger partial charge in [0.05, 0.1) is 28.3 Å². The third kappa shape index (κ3) is 2.65. The van der Waals surface area contributed by atoms with E-state index >= 15 is 0 Å². The highest BCUT2D eigenvalue weighted by Gasteiger charge is 2.26. The van der Waals surface area contributed by atoms with Gasteiger partial charge in [0.1, 0.15) is 0 Å². The van der Waals surface area contributed by atoms with Gasteiger partial charge in [-0.1, -0.05) is 11.3 Å². The molecule has 0 aliphatic carbocycles. The van der Waals surface area contributed by atoms with Crippen LogP contribution in [0.15, 0.2) is 18.2 Å². The van der Waals surface area contributed by atoms with Gasteiger partial charge in [-0.3, -0.25) is 14.9 Å². The number of hydrogen-bond donors (Lipinski definition) is 1. The van der Waals surface area contributed by atoms with Crippen LogP contribution in [-0.2, 0) is 9.53 Å². The van der Waals surface area contributed by atoms with Crippen LogP contribution >= 0.6 is 11.3 Å². The van der Waals surface area contributed by atoms with Crippen molar-refractivity contribution in [2.75, 3.05) is 24.6 Å². The van der Waals surface area contributed by atoms with E-state index in [1.807, 2.05) is 4.90 Å². The molecule has 2 aromatic rings. The Morgan fingerprint density at radius 1 is 1.57 bits per heavy atom. The van der Waals surface area contributed by atoms with E-state index in [-0.39, 0.29) is 5.69 Å². The van der Waals surface area contributed by atoms with Gasteiger partial charge < -0.3 is 15.4 Å². The molecule has 1 fully saturated rings. The Hall–Kier alpha value is -2.26. The smallest absolute Gasteiger partial charge is 0.270 e. The summed E-state index contributed by atoms with van der Waals surface area (Å²) in [5, 5.41) is 11.5. The number of anilines is 1. The molecule has 9 heteroatoms. The van der Waals surface area contributed by atoms with E-state index in [0.29, 0.717) is 30.3 Å². The van der Waals surface area contributed by atoms with Crippen LogP contribution < -0.4 is 10.6 Å². The zero-order valence-corrected chi connectivity index (χ0v) is 11.7. The zero-order valence-electron chi connectivity index (χ0n) is 10.9. The molecule has 0 bridgehead atoms. The van der Waals surface area contributed by atoms with Gasteiger partial charge in [0.25, 0.3) is 5.69 Å². The first-order valence-electron chi connectivity index (χ1n) is 6.25. The summed E-state index contributed by atoms with van der Waals surface area (Å²) in [6.45, 7) is 1.34. The Balaban J connectivity index is 1.90. The summed E-state index contributed by atoms with van der Waals surface area (Å²) in [5.41, 5.74) is 5.99. The Morgan fingerprint density at radius 3 is 3.10 bits per heavy atom. The Kier molecular flexibility index (Phi) is 3.43. The van der Waals surface area contributed by atoms with Gasteiger partial charge in [-0.2, -0.15) is 0 Å². The number of nitro benzene ring substituents is 1. The lowest BCUT2D eigenvalue weighted by Crippen LogP contribution is -2.48. The van der Waals surface area contributed by atoms with Crippen molar-refractivity contribution in [3.05, 3.63) is 28.3 Å². The van der Waals surface area contributed by atoms with E-state index in [0.717, 1.165) is 4.70 Å². The highest BCUT2D eigenvalue weighted by atomic mass is 32.1. The first-order valence-corrected chi connectivity index (χ1v) is 7.07. The molecular formula is C12H12N4O4S. The number of thiazole rings is 1. The van der Waals surface area contributed by atoms with Crippen LogP contribution in [0.5, 0.6) is 0 Å². The third-order valence-electron chi connectivity index (χ3n) is 3.23. The van der Waals surface area contributed by atoms with Crippen LogP contribution in [0.1, 0.15) is 0 Å². The van der Waals surface area contributed by atoms with Gasteiger partial charge in [0.15, 0.2) is 11.2 Å². The number of morpholine rings is 1. The summed E-state index contributed by atoms with van der Waals surface area (Å²) >= 11 is 1.35. The molecule has 1 aliphatic heterocycles. The van der Waals surface area contributed by atoms with Crippen LogP contribution in [0.4, 0.5) is 10.8 Å². The second-order valence-corrected chi connectivity index (χ2v) is 5.62. The number of rotatable bonds is 3. The van der Waals surface area contributed by atoms with Gasteiger partial charge in [-0.25, -0.2) is 4.98 Å². The van der Waals surface area contributed by atoms with Crippen molar-refractivity contribution in [3.8, 4) is 0 Å². The number of nitrogens with zero attached hydrogens (tertiary/aromatic N) is 3. The number of carbonyl (C=O) groups excluding carboxylic acids is 1. The summed E-state index contributed by atoms with van der Waals surface area (Å²) in [4.78, 5) is 27.9. The monoisotopic (exact) mass is 308 g/mol. The number of amides is 1. The Bertz CT molecular complexity index is 716. The van der Waals surface area contributed by atoms with Crippen LogP contribution in [-0.4, -0.2) is 41.6 Å². The second kappa shape index (κ2) is 5.26. The number of aromatic nitrogens is 1. The summed E-state index contributed by atoms with van der Waals surface area (Å²) in [5.74, 6) is -0.503. The molecule has 2 N–H and O–H groups in total. The predicted molar refractivity (Wildman–Crippen MR) is 77.4 cm³/mol. The maximum atomic E-state index is 11.2.